The van der Waals surface area contributed by atoms with Gasteiger partial charge in [0.2, 0.25) is 11.7 Å². The molecule has 30 heavy (non-hydrogen) atoms. The highest BCUT2D eigenvalue weighted by Crippen LogP contribution is 2.33. The van der Waals surface area contributed by atoms with E-state index in [1.165, 1.54) is 19.2 Å². The fraction of sp³-hybridized carbons (Fsp3) is 0.353. The second kappa shape index (κ2) is 8.08. The number of hydrogen-bond acceptors (Lipinski definition) is 7. The van der Waals surface area contributed by atoms with Gasteiger partial charge in [0.25, 0.3) is 10.2 Å². The number of aromatic carboxylic acids is 1. The number of carboxylic acid groups (broad SMARTS) is 1. The van der Waals surface area contributed by atoms with Gasteiger partial charge in [-0.05, 0) is 12.1 Å². The molecule has 0 aliphatic carbocycles. The number of carboxylic acids is 1. The Morgan fingerprint density at radius 3 is 2.43 bits per heavy atom. The van der Waals surface area contributed by atoms with Crippen LogP contribution in [0.15, 0.2) is 30.3 Å². The summed E-state index contributed by atoms with van der Waals surface area (Å²) in [6.07, 6.45) is 0. The maximum absolute atomic E-state index is 13.9. The van der Waals surface area contributed by atoms with E-state index in [4.69, 9.17) is 4.74 Å². The van der Waals surface area contributed by atoms with Crippen molar-refractivity contribution in [3.05, 3.63) is 41.7 Å². The van der Waals surface area contributed by atoms with Crippen LogP contribution in [0.2, 0.25) is 0 Å². The zero-order valence-electron chi connectivity index (χ0n) is 16.0. The molecule has 1 aromatic heterocycles. The Hall–Kier alpha value is -2.90. The second-order valence-electron chi connectivity index (χ2n) is 6.55. The van der Waals surface area contributed by atoms with Crippen LogP contribution in [0.5, 0.6) is 11.6 Å². The number of para-hydroxylation sites is 1. The predicted octanol–water partition coefficient (Wildman–Crippen LogP) is 1.64. The highest BCUT2D eigenvalue weighted by molar-refractivity contribution is 7.87. The van der Waals surface area contributed by atoms with Crippen molar-refractivity contribution in [2.24, 2.45) is 0 Å². The van der Waals surface area contributed by atoms with Crippen molar-refractivity contribution < 1.29 is 31.8 Å². The van der Waals surface area contributed by atoms with E-state index in [9.17, 15) is 27.1 Å². The van der Waals surface area contributed by atoms with Crippen LogP contribution < -0.4 is 14.8 Å². The van der Waals surface area contributed by atoms with Gasteiger partial charge in [-0.3, -0.25) is 0 Å². The zero-order chi connectivity index (χ0) is 22.1. The normalized spacial score (nSPS) is 15.5. The van der Waals surface area contributed by atoms with Crippen LogP contribution in [-0.2, 0) is 16.1 Å². The molecule has 2 heterocycles. The first kappa shape index (κ1) is 21.8. The predicted molar refractivity (Wildman–Crippen MR) is 102 cm³/mol. The second-order valence-corrected chi connectivity index (χ2v) is 8.43. The Morgan fingerprint density at radius 1 is 1.27 bits per heavy atom. The fourth-order valence-corrected chi connectivity index (χ4v) is 3.67. The highest BCUT2D eigenvalue weighted by atomic mass is 32.2. The van der Waals surface area contributed by atoms with E-state index >= 15 is 0 Å². The van der Waals surface area contributed by atoms with Crippen LogP contribution >= 0.6 is 0 Å². The summed E-state index contributed by atoms with van der Waals surface area (Å²) in [5.74, 6) is -6.63. The molecular weight excluding hydrogens is 424 g/mol. The Morgan fingerprint density at radius 2 is 1.90 bits per heavy atom. The molecule has 1 fully saturated rings. The van der Waals surface area contributed by atoms with Crippen molar-refractivity contribution in [1.29, 1.82) is 0 Å². The Balaban J connectivity index is 1.97. The molecule has 13 heteroatoms. The summed E-state index contributed by atoms with van der Waals surface area (Å²) in [6.45, 7) is 0.571. The molecule has 0 saturated carbocycles. The van der Waals surface area contributed by atoms with Crippen LogP contribution in [0, 0.1) is 0 Å². The molecular formula is C17H19F2N5O5S. The topological polar surface area (TPSA) is 134 Å². The first-order valence-electron chi connectivity index (χ1n) is 8.73. The van der Waals surface area contributed by atoms with Gasteiger partial charge in [-0.25, -0.2) is 14.5 Å². The van der Waals surface area contributed by atoms with Gasteiger partial charge < -0.3 is 15.2 Å². The summed E-state index contributed by atoms with van der Waals surface area (Å²) >= 11 is 0. The average molecular weight is 443 g/mol. The molecule has 3 N–H and O–H groups in total. The minimum Gasteiger partial charge on any atom is -0.477 e. The lowest BCUT2D eigenvalue weighted by Crippen LogP contribution is -2.59. The fourth-order valence-electron chi connectivity index (χ4n) is 2.66. The van der Waals surface area contributed by atoms with Crippen molar-refractivity contribution in [1.82, 2.24) is 19.0 Å². The lowest BCUT2D eigenvalue weighted by molar-refractivity contribution is 0.00714. The minimum absolute atomic E-state index is 0.00103. The van der Waals surface area contributed by atoms with E-state index in [1.807, 2.05) is 0 Å². The Labute approximate surface area is 171 Å². The summed E-state index contributed by atoms with van der Waals surface area (Å²) in [4.78, 5) is 19.1. The quantitative estimate of drug-likeness (QED) is 0.561. The molecule has 162 valence electrons. The van der Waals surface area contributed by atoms with Crippen molar-refractivity contribution in [2.45, 2.75) is 18.9 Å². The summed E-state index contributed by atoms with van der Waals surface area (Å²) in [5.41, 5.74) is -0.540. The van der Waals surface area contributed by atoms with Crippen LogP contribution in [0.3, 0.4) is 0 Å². The summed E-state index contributed by atoms with van der Waals surface area (Å²) in [6, 6.07) is 7.43. The Bertz CT molecular complexity index is 1040. The number of alkyl halides is 2. The van der Waals surface area contributed by atoms with Crippen molar-refractivity contribution in [3.63, 3.8) is 0 Å². The molecule has 0 bridgehead atoms. The zero-order valence-corrected chi connectivity index (χ0v) is 16.8. The monoisotopic (exact) mass is 443 g/mol. The van der Waals surface area contributed by atoms with Gasteiger partial charge in [0.1, 0.15) is 11.6 Å². The van der Waals surface area contributed by atoms with E-state index in [2.05, 4.69) is 20.0 Å². The maximum atomic E-state index is 13.9. The van der Waals surface area contributed by atoms with Gasteiger partial charge in [-0.2, -0.15) is 26.5 Å². The number of hydrogen-bond donors (Lipinski definition) is 3. The van der Waals surface area contributed by atoms with Gasteiger partial charge in [0.05, 0.1) is 6.04 Å². The Kier molecular flexibility index (Phi) is 5.87. The molecule has 0 spiro atoms. The summed E-state index contributed by atoms with van der Waals surface area (Å²) < 4.78 is 60.1. The standard InChI is InChI=1S/C17H19F2N5O5S/c1-17(18,19)16-22-13(21-10-8-24(9-10)30(27,28)20-2)12(15(25)26)14(23-16)29-11-6-4-3-5-7-11/h3-7,10,20H,8-9H2,1-2H3,(H,25,26)(H,21,22,23). The number of anilines is 1. The number of nitrogens with one attached hydrogen (secondary N) is 2. The SMILES string of the molecule is CNS(=O)(=O)N1CC(Nc2nc(C(C)(F)F)nc(Oc3ccccc3)c2C(=O)O)C1. The maximum Gasteiger partial charge on any atom is 0.345 e. The molecule has 1 aliphatic heterocycles. The molecule has 0 unspecified atom stereocenters. The van der Waals surface area contributed by atoms with Gasteiger partial charge in [0.15, 0.2) is 5.56 Å². The average Bonchev–Trinajstić information content (AvgIpc) is 2.63. The molecule has 1 saturated heterocycles. The summed E-state index contributed by atoms with van der Waals surface area (Å²) in [5, 5.41) is 12.4. The molecule has 0 radical (unpaired) electrons. The summed E-state index contributed by atoms with van der Waals surface area (Å²) in [7, 11) is -2.39. The molecule has 0 atom stereocenters. The van der Waals surface area contributed by atoms with Crippen LogP contribution in [-0.4, -0.2) is 59.9 Å². The van der Waals surface area contributed by atoms with Crippen molar-refractivity contribution >= 4 is 22.0 Å². The number of nitrogens with zero attached hydrogens (tertiary/aromatic N) is 3. The highest BCUT2D eigenvalue weighted by Gasteiger charge is 2.38. The number of carbonyl (C=O) groups is 1. The first-order chi connectivity index (χ1) is 14.0. The third-order valence-electron chi connectivity index (χ3n) is 4.23. The van der Waals surface area contributed by atoms with Crippen LogP contribution in [0.1, 0.15) is 23.1 Å². The van der Waals surface area contributed by atoms with Gasteiger partial charge in [0, 0.05) is 27.1 Å². The molecule has 1 aliphatic rings. The molecule has 10 nitrogen and oxygen atoms in total. The number of benzene rings is 1. The van der Waals surface area contributed by atoms with E-state index in [0.29, 0.717) is 6.92 Å². The van der Waals surface area contributed by atoms with Crippen molar-refractivity contribution in [2.75, 3.05) is 25.5 Å². The number of rotatable bonds is 8. The minimum atomic E-state index is -3.64. The van der Waals surface area contributed by atoms with E-state index in [-0.39, 0.29) is 24.7 Å². The number of ether oxygens (including phenoxy) is 1. The number of aromatic nitrogens is 2. The smallest absolute Gasteiger partial charge is 0.345 e. The lowest BCUT2D eigenvalue weighted by atomic mass is 10.1. The molecule has 2 aromatic rings. The van der Waals surface area contributed by atoms with Crippen LogP contribution in [0.4, 0.5) is 14.6 Å². The first-order valence-corrected chi connectivity index (χ1v) is 10.2. The van der Waals surface area contributed by atoms with E-state index in [1.54, 1.807) is 18.2 Å². The lowest BCUT2D eigenvalue weighted by Gasteiger charge is -2.38. The van der Waals surface area contributed by atoms with Gasteiger partial charge in [-0.1, -0.05) is 18.2 Å². The third kappa shape index (κ3) is 4.63. The molecule has 3 rings (SSSR count). The van der Waals surface area contributed by atoms with E-state index in [0.717, 1.165) is 4.31 Å². The van der Waals surface area contributed by atoms with E-state index < -0.39 is 45.4 Å². The largest absolute Gasteiger partial charge is 0.477 e. The molecule has 0 amide bonds. The number of halogens is 2. The van der Waals surface area contributed by atoms with Gasteiger partial charge >= 0.3 is 11.9 Å². The van der Waals surface area contributed by atoms with Crippen LogP contribution in [0.25, 0.3) is 0 Å². The molecule has 1 aromatic carbocycles. The van der Waals surface area contributed by atoms with Gasteiger partial charge in [-0.15, -0.1) is 0 Å². The van der Waals surface area contributed by atoms with Crippen molar-refractivity contribution in [3.8, 4) is 11.6 Å². The third-order valence-corrected chi connectivity index (χ3v) is 5.72.